The Bertz CT molecular complexity index is 355. The van der Waals surface area contributed by atoms with E-state index in [-0.39, 0.29) is 11.3 Å². The maximum Gasteiger partial charge on any atom is 0.140 e. The summed E-state index contributed by atoms with van der Waals surface area (Å²) in [7, 11) is 0. The lowest BCUT2D eigenvalue weighted by Gasteiger charge is -2.57. The Kier molecular flexibility index (Phi) is 3.61. The number of fused-ring (bicyclic) bond motifs is 2. The van der Waals surface area contributed by atoms with Gasteiger partial charge in [-0.25, -0.2) is 0 Å². The van der Waals surface area contributed by atoms with Crippen LogP contribution >= 0.6 is 0 Å². The number of Topliss-reactive ketones (excluding diaryl/α,β-unsaturated/α-hetero) is 1. The van der Waals surface area contributed by atoms with Crippen molar-refractivity contribution >= 4 is 5.78 Å². The van der Waals surface area contributed by atoms with E-state index in [2.05, 4.69) is 32.6 Å². The number of ketones is 1. The van der Waals surface area contributed by atoms with Crippen LogP contribution in [0.3, 0.4) is 0 Å². The summed E-state index contributed by atoms with van der Waals surface area (Å²) in [4.78, 5) is 12.2. The van der Waals surface area contributed by atoms with Crippen molar-refractivity contribution in [3.05, 3.63) is 0 Å². The molecule has 1 nitrogen and oxygen atoms in total. The first-order valence-electron chi connectivity index (χ1n) is 7.06. The molecule has 3 aliphatic carbocycles. The van der Waals surface area contributed by atoms with Crippen LogP contribution in [0, 0.1) is 35.0 Å². The van der Waals surface area contributed by atoms with Gasteiger partial charge in [0, 0.05) is 24.7 Å². The van der Waals surface area contributed by atoms with Crippen LogP contribution in [0.25, 0.3) is 0 Å². The number of hydrogen-bond donors (Lipinski definition) is 0. The summed E-state index contributed by atoms with van der Waals surface area (Å²) in [6.07, 6.45) is 6.43. The molecule has 0 spiro atoms. The van der Waals surface area contributed by atoms with Crippen LogP contribution in [0.2, 0.25) is 0 Å². The van der Waals surface area contributed by atoms with Gasteiger partial charge in [-0.15, -0.1) is 11.8 Å². The summed E-state index contributed by atoms with van der Waals surface area (Å²) in [6.45, 7) is 6.70. The summed E-state index contributed by atoms with van der Waals surface area (Å²) in [5.41, 5.74) is 0.281. The first kappa shape index (κ1) is 12.7. The van der Waals surface area contributed by atoms with E-state index in [0.29, 0.717) is 11.7 Å². The molecule has 3 atom stereocenters. The predicted octanol–water partition coefficient (Wildman–Crippen LogP) is 3.82. The number of unbranched alkanes of at least 4 members (excludes halogenated alkanes) is 2. The third-order valence-electron chi connectivity index (χ3n) is 4.91. The van der Waals surface area contributed by atoms with Crippen LogP contribution in [0.4, 0.5) is 0 Å². The third-order valence-corrected chi connectivity index (χ3v) is 4.91. The summed E-state index contributed by atoms with van der Waals surface area (Å²) >= 11 is 0. The molecule has 1 heteroatoms. The van der Waals surface area contributed by atoms with E-state index in [0.717, 1.165) is 31.6 Å². The summed E-state index contributed by atoms with van der Waals surface area (Å²) in [6, 6.07) is 0. The zero-order valence-corrected chi connectivity index (χ0v) is 11.4. The van der Waals surface area contributed by atoms with E-state index in [1.54, 1.807) is 0 Å². The zero-order chi connectivity index (χ0) is 12.5. The fourth-order valence-electron chi connectivity index (χ4n) is 3.38. The molecule has 0 heterocycles. The fourth-order valence-corrected chi connectivity index (χ4v) is 3.38. The second kappa shape index (κ2) is 4.84. The molecule has 2 bridgehead atoms. The summed E-state index contributed by atoms with van der Waals surface area (Å²) in [5, 5.41) is 0. The van der Waals surface area contributed by atoms with Crippen LogP contribution < -0.4 is 0 Å². The predicted molar refractivity (Wildman–Crippen MR) is 70.4 cm³/mol. The molecule has 3 fully saturated rings. The summed E-state index contributed by atoms with van der Waals surface area (Å²) < 4.78 is 0. The first-order chi connectivity index (χ1) is 8.07. The molecule has 0 saturated heterocycles. The van der Waals surface area contributed by atoms with Crippen molar-refractivity contribution in [3.8, 4) is 11.8 Å². The molecule has 3 aliphatic rings. The van der Waals surface area contributed by atoms with Gasteiger partial charge in [-0.3, -0.25) is 4.79 Å². The Balaban J connectivity index is 1.84. The van der Waals surface area contributed by atoms with Gasteiger partial charge >= 0.3 is 0 Å². The molecular weight excluding hydrogens is 208 g/mol. The Morgan fingerprint density at radius 3 is 2.65 bits per heavy atom. The Hall–Kier alpha value is -0.770. The first-order valence-corrected chi connectivity index (χ1v) is 7.06. The summed E-state index contributed by atoms with van der Waals surface area (Å²) in [5.74, 6) is 8.28. The molecule has 3 rings (SSSR count). The van der Waals surface area contributed by atoms with Crippen molar-refractivity contribution in [3.63, 3.8) is 0 Å². The number of carbonyl (C=O) groups excluding carboxylic acids is 1. The Labute approximate surface area is 105 Å². The van der Waals surface area contributed by atoms with Gasteiger partial charge in [0.25, 0.3) is 0 Å². The highest BCUT2D eigenvalue weighted by atomic mass is 16.1. The van der Waals surface area contributed by atoms with Crippen molar-refractivity contribution < 1.29 is 4.79 Å². The van der Waals surface area contributed by atoms with Crippen LogP contribution in [0.15, 0.2) is 0 Å². The van der Waals surface area contributed by atoms with Crippen molar-refractivity contribution in [2.24, 2.45) is 23.2 Å². The lowest BCUT2D eigenvalue weighted by atomic mass is 9.46. The van der Waals surface area contributed by atoms with Crippen LogP contribution in [0.5, 0.6) is 0 Å². The van der Waals surface area contributed by atoms with E-state index in [1.807, 2.05) is 0 Å². The van der Waals surface area contributed by atoms with Gasteiger partial charge < -0.3 is 0 Å². The normalized spacial score (nSPS) is 33.6. The average molecular weight is 232 g/mol. The average Bonchev–Trinajstić information content (AvgIpc) is 2.30. The van der Waals surface area contributed by atoms with Crippen molar-refractivity contribution in [1.82, 2.24) is 0 Å². The molecule has 0 radical (unpaired) electrons. The molecule has 17 heavy (non-hydrogen) atoms. The highest BCUT2D eigenvalue weighted by Crippen LogP contribution is 2.59. The lowest BCUT2D eigenvalue weighted by molar-refractivity contribution is -0.156. The molecule has 0 amide bonds. The maximum absolute atomic E-state index is 12.2. The number of rotatable bonds is 3. The van der Waals surface area contributed by atoms with E-state index >= 15 is 0 Å². The molecule has 0 aromatic heterocycles. The fraction of sp³-hybridized carbons (Fsp3) is 0.812. The maximum atomic E-state index is 12.2. The van der Waals surface area contributed by atoms with Crippen molar-refractivity contribution in [2.45, 2.75) is 59.3 Å². The minimum Gasteiger partial charge on any atom is -0.299 e. The largest absolute Gasteiger partial charge is 0.299 e. The SMILES string of the molecule is CCCCC#CCC1CC2CC(C1=O)C2(C)C. The van der Waals surface area contributed by atoms with Crippen molar-refractivity contribution in [2.75, 3.05) is 0 Å². The van der Waals surface area contributed by atoms with Gasteiger partial charge in [-0.1, -0.05) is 27.2 Å². The van der Waals surface area contributed by atoms with Gasteiger partial charge in [-0.2, -0.15) is 0 Å². The molecule has 94 valence electrons. The second-order valence-corrected chi connectivity index (χ2v) is 6.30. The number of carbonyl (C=O) groups is 1. The van der Waals surface area contributed by atoms with Gasteiger partial charge in [0.1, 0.15) is 5.78 Å². The highest BCUT2D eigenvalue weighted by Gasteiger charge is 2.57. The van der Waals surface area contributed by atoms with Crippen molar-refractivity contribution in [1.29, 1.82) is 0 Å². The molecule has 0 aliphatic heterocycles. The topological polar surface area (TPSA) is 17.1 Å². The smallest absolute Gasteiger partial charge is 0.140 e. The van der Waals surface area contributed by atoms with Gasteiger partial charge in [0.15, 0.2) is 0 Å². The standard InChI is InChI=1S/C16H24O/c1-4-5-6-7-8-9-12-10-13-11-14(15(12)17)16(13,2)3/h12-14H,4-6,9-11H2,1-3H3. The Morgan fingerprint density at radius 1 is 1.29 bits per heavy atom. The van der Waals surface area contributed by atoms with Gasteiger partial charge in [0.2, 0.25) is 0 Å². The Morgan fingerprint density at radius 2 is 2.06 bits per heavy atom. The zero-order valence-electron chi connectivity index (χ0n) is 11.4. The number of hydrogen-bond acceptors (Lipinski definition) is 1. The van der Waals surface area contributed by atoms with Crippen LogP contribution in [-0.4, -0.2) is 5.78 Å². The molecular formula is C16H24O. The molecule has 0 aromatic carbocycles. The molecule has 3 unspecified atom stereocenters. The minimum absolute atomic E-state index is 0.251. The van der Waals surface area contributed by atoms with Gasteiger partial charge in [-0.05, 0) is 30.6 Å². The molecule has 0 N–H and O–H groups in total. The third kappa shape index (κ3) is 2.28. The van der Waals surface area contributed by atoms with E-state index in [4.69, 9.17) is 0 Å². The van der Waals surface area contributed by atoms with Gasteiger partial charge in [0.05, 0.1) is 0 Å². The minimum atomic E-state index is 0.251. The van der Waals surface area contributed by atoms with E-state index < -0.39 is 0 Å². The monoisotopic (exact) mass is 232 g/mol. The molecule has 0 aromatic rings. The van der Waals surface area contributed by atoms with E-state index in [1.165, 1.54) is 12.8 Å². The van der Waals surface area contributed by atoms with Crippen LogP contribution in [-0.2, 0) is 4.79 Å². The van der Waals surface area contributed by atoms with Crippen LogP contribution in [0.1, 0.15) is 59.3 Å². The second-order valence-electron chi connectivity index (χ2n) is 6.30. The molecule has 3 saturated carbocycles. The quantitative estimate of drug-likeness (QED) is 0.534. The highest BCUT2D eigenvalue weighted by molar-refractivity contribution is 5.87. The lowest BCUT2D eigenvalue weighted by Crippen LogP contribution is -2.56. The van der Waals surface area contributed by atoms with E-state index in [9.17, 15) is 4.79 Å².